The number of phenols is 1. The number of hydrogen-bond donors (Lipinski definition) is 1. The van der Waals surface area contributed by atoms with Crippen molar-refractivity contribution in [3.63, 3.8) is 0 Å². The van der Waals surface area contributed by atoms with Gasteiger partial charge in [-0.15, -0.1) is 0 Å². The highest BCUT2D eigenvalue weighted by Gasteiger charge is 2.13. The van der Waals surface area contributed by atoms with Gasteiger partial charge in [-0.3, -0.25) is 0 Å². The smallest absolute Gasteiger partial charge is 0.119 e. The molecule has 3 heteroatoms. The van der Waals surface area contributed by atoms with Crippen molar-refractivity contribution in [1.29, 1.82) is 0 Å². The second-order valence-corrected chi connectivity index (χ2v) is 11.1. The van der Waals surface area contributed by atoms with Gasteiger partial charge in [0.2, 0.25) is 0 Å². The van der Waals surface area contributed by atoms with Crippen LogP contribution in [0.2, 0.25) is 0 Å². The van der Waals surface area contributed by atoms with Crippen LogP contribution in [0.25, 0.3) is 0 Å². The maximum absolute atomic E-state index is 12.1. The van der Waals surface area contributed by atoms with Gasteiger partial charge in [-0.05, 0) is 79.0 Å². The summed E-state index contributed by atoms with van der Waals surface area (Å²) in [4.78, 5) is 0. The van der Waals surface area contributed by atoms with Gasteiger partial charge in [-0.25, -0.2) is 0 Å². The minimum atomic E-state index is -2.06. The van der Waals surface area contributed by atoms with Crippen LogP contribution in [0.3, 0.4) is 0 Å². The lowest BCUT2D eigenvalue weighted by Gasteiger charge is -2.16. The highest BCUT2D eigenvalue weighted by atomic mass is 31.2. The number of benzene rings is 2. The summed E-state index contributed by atoms with van der Waals surface area (Å²) in [6, 6.07) is 10.3. The van der Waals surface area contributed by atoms with E-state index in [0.29, 0.717) is 17.8 Å². The average molecular weight is 344 g/mol. The van der Waals surface area contributed by atoms with Gasteiger partial charge in [0.15, 0.2) is 0 Å². The van der Waals surface area contributed by atoms with Crippen LogP contribution in [-0.4, -0.2) is 18.4 Å². The molecular formula is C21H29O2P. The Bertz CT molecular complexity index is 761. The Hall–Kier alpha value is -1.53. The molecule has 0 amide bonds. The molecule has 0 unspecified atom stereocenters. The van der Waals surface area contributed by atoms with Crippen LogP contribution >= 0.6 is 7.14 Å². The van der Waals surface area contributed by atoms with Gasteiger partial charge < -0.3 is 9.67 Å². The van der Waals surface area contributed by atoms with E-state index in [1.165, 1.54) is 22.3 Å². The summed E-state index contributed by atoms with van der Waals surface area (Å²) in [6.07, 6.45) is 1.51. The van der Waals surface area contributed by atoms with Crippen LogP contribution in [-0.2, 0) is 17.1 Å². The van der Waals surface area contributed by atoms with E-state index in [-0.39, 0.29) is 0 Å². The molecule has 2 nitrogen and oxygen atoms in total. The molecule has 0 spiro atoms. The molecule has 2 aromatic carbocycles. The summed E-state index contributed by atoms with van der Waals surface area (Å²) in [5.41, 5.74) is 7.19. The molecule has 0 aliphatic heterocycles. The van der Waals surface area contributed by atoms with Gasteiger partial charge in [0, 0.05) is 6.16 Å². The van der Waals surface area contributed by atoms with Crippen LogP contribution in [0.4, 0.5) is 0 Å². The van der Waals surface area contributed by atoms with Crippen LogP contribution in [0.1, 0.15) is 53.1 Å². The zero-order valence-corrected chi connectivity index (χ0v) is 16.6. The molecule has 24 heavy (non-hydrogen) atoms. The molecule has 2 aromatic rings. The molecular weight excluding hydrogens is 315 g/mol. The normalized spacial score (nSPS) is 12.0. The third-order valence-corrected chi connectivity index (χ3v) is 5.54. The van der Waals surface area contributed by atoms with Crippen molar-refractivity contribution in [2.24, 2.45) is 0 Å². The van der Waals surface area contributed by atoms with Gasteiger partial charge in [-0.2, -0.15) is 0 Å². The Morgan fingerprint density at radius 2 is 1.58 bits per heavy atom. The molecule has 1 N–H and O–H groups in total. The molecule has 130 valence electrons. The summed E-state index contributed by atoms with van der Waals surface area (Å²) in [5, 5.41) is 10.00. The Kier molecular flexibility index (Phi) is 5.60. The first kappa shape index (κ1) is 18.8. The SMILES string of the molecule is Cc1cc(CP(C)(C)=O)cc(C)c1Cc1ccc(O)c(C(C)C)c1. The molecule has 0 bridgehead atoms. The number of rotatable bonds is 5. The fourth-order valence-corrected chi connectivity index (χ4v) is 4.34. The number of phenolic OH excluding ortho intramolecular Hbond substituents is 1. The van der Waals surface area contributed by atoms with Crippen molar-refractivity contribution in [3.05, 3.63) is 63.7 Å². The number of aromatic hydroxyl groups is 1. The van der Waals surface area contributed by atoms with E-state index in [9.17, 15) is 9.67 Å². The van der Waals surface area contributed by atoms with Crippen LogP contribution in [0.5, 0.6) is 5.75 Å². The number of hydrogen-bond acceptors (Lipinski definition) is 2. The first-order valence-electron chi connectivity index (χ1n) is 8.51. The zero-order chi connectivity index (χ0) is 18.1. The molecule has 0 aliphatic carbocycles. The molecule has 0 saturated heterocycles. The molecule has 0 saturated carbocycles. The third-order valence-electron chi connectivity index (χ3n) is 4.41. The monoisotopic (exact) mass is 344 g/mol. The predicted molar refractivity (Wildman–Crippen MR) is 104 cm³/mol. The Balaban J connectivity index is 2.34. The second kappa shape index (κ2) is 7.15. The van der Waals surface area contributed by atoms with Gasteiger partial charge in [0.05, 0.1) is 7.14 Å². The van der Waals surface area contributed by atoms with Gasteiger partial charge >= 0.3 is 0 Å². The van der Waals surface area contributed by atoms with Gasteiger partial charge in [-0.1, -0.05) is 38.1 Å². The van der Waals surface area contributed by atoms with E-state index in [2.05, 4.69) is 45.9 Å². The summed E-state index contributed by atoms with van der Waals surface area (Å²) >= 11 is 0. The Morgan fingerprint density at radius 3 is 2.08 bits per heavy atom. The van der Waals surface area contributed by atoms with Crippen molar-refractivity contribution in [2.75, 3.05) is 13.3 Å². The van der Waals surface area contributed by atoms with E-state index in [1.54, 1.807) is 6.07 Å². The maximum atomic E-state index is 12.1. The maximum Gasteiger partial charge on any atom is 0.119 e. The molecule has 0 aromatic heterocycles. The molecule has 0 radical (unpaired) electrons. The minimum Gasteiger partial charge on any atom is -0.508 e. The first-order valence-corrected chi connectivity index (χ1v) is 11.3. The van der Waals surface area contributed by atoms with Crippen molar-refractivity contribution in [1.82, 2.24) is 0 Å². The molecule has 0 atom stereocenters. The summed E-state index contributed by atoms with van der Waals surface area (Å²) < 4.78 is 12.1. The minimum absolute atomic E-state index is 0.303. The standard InChI is InChI=1S/C21H29O2P/c1-14(2)19-11-17(7-8-21(19)22)12-20-15(3)9-18(10-16(20)4)13-24(5,6)23/h7-11,14,22H,12-13H2,1-6H3. The number of aryl methyl sites for hydroxylation is 2. The fourth-order valence-electron chi connectivity index (χ4n) is 3.27. The zero-order valence-electron chi connectivity index (χ0n) is 15.7. The van der Waals surface area contributed by atoms with Crippen molar-refractivity contribution < 1.29 is 9.67 Å². The Labute approximate surface area is 146 Å². The van der Waals surface area contributed by atoms with E-state index in [0.717, 1.165) is 17.5 Å². The second-order valence-electron chi connectivity index (χ2n) is 7.66. The largest absolute Gasteiger partial charge is 0.508 e. The quantitative estimate of drug-likeness (QED) is 0.691. The van der Waals surface area contributed by atoms with E-state index in [1.807, 2.05) is 19.4 Å². The highest BCUT2D eigenvalue weighted by Crippen LogP contribution is 2.41. The topological polar surface area (TPSA) is 37.3 Å². The summed E-state index contributed by atoms with van der Waals surface area (Å²) in [7, 11) is -2.06. The fraction of sp³-hybridized carbons (Fsp3) is 0.429. The lowest BCUT2D eigenvalue weighted by Crippen LogP contribution is -2.00. The van der Waals surface area contributed by atoms with Gasteiger partial charge in [0.25, 0.3) is 0 Å². The van der Waals surface area contributed by atoms with Crippen molar-refractivity contribution in [2.45, 2.75) is 46.2 Å². The van der Waals surface area contributed by atoms with Crippen molar-refractivity contribution >= 4 is 7.14 Å². The predicted octanol–water partition coefficient (Wildman–Crippen LogP) is 5.85. The molecule has 0 fully saturated rings. The third kappa shape index (κ3) is 4.74. The highest BCUT2D eigenvalue weighted by molar-refractivity contribution is 7.61. The first-order chi connectivity index (χ1) is 11.1. The molecule has 0 heterocycles. The summed E-state index contributed by atoms with van der Waals surface area (Å²) in [5.74, 6) is 0.678. The molecule has 2 rings (SSSR count). The van der Waals surface area contributed by atoms with Crippen molar-refractivity contribution in [3.8, 4) is 5.75 Å². The van der Waals surface area contributed by atoms with Crippen LogP contribution < -0.4 is 0 Å². The van der Waals surface area contributed by atoms with E-state index >= 15 is 0 Å². The Morgan fingerprint density at radius 1 is 1.00 bits per heavy atom. The lowest BCUT2D eigenvalue weighted by molar-refractivity contribution is 0.464. The van der Waals surface area contributed by atoms with E-state index < -0.39 is 7.14 Å². The lowest BCUT2D eigenvalue weighted by atomic mass is 9.92. The average Bonchev–Trinajstić information content (AvgIpc) is 2.42. The molecule has 0 aliphatic rings. The summed E-state index contributed by atoms with van der Waals surface area (Å²) in [6.45, 7) is 12.1. The van der Waals surface area contributed by atoms with E-state index in [4.69, 9.17) is 0 Å². The van der Waals surface area contributed by atoms with Gasteiger partial charge in [0.1, 0.15) is 5.75 Å². The van der Waals surface area contributed by atoms with Crippen LogP contribution in [0, 0.1) is 13.8 Å². The van der Waals surface area contributed by atoms with Crippen LogP contribution in [0.15, 0.2) is 30.3 Å².